The summed E-state index contributed by atoms with van der Waals surface area (Å²) in [5.74, 6) is 1.35. The normalized spacial score (nSPS) is 17.9. The molecule has 0 N–H and O–H groups in total. The zero-order chi connectivity index (χ0) is 7.68. The summed E-state index contributed by atoms with van der Waals surface area (Å²) in [4.78, 5) is 8.33. The Hall–Kier alpha value is -0.960. The van der Waals surface area contributed by atoms with Crippen molar-refractivity contribution >= 4 is 0 Å². The van der Waals surface area contributed by atoms with Crippen LogP contribution in [0.25, 0.3) is 0 Å². The minimum Gasteiger partial charge on any atom is -0.380 e. The molecule has 11 heavy (non-hydrogen) atoms. The molecule has 0 amide bonds. The Balaban J connectivity index is 2.23. The van der Waals surface area contributed by atoms with Gasteiger partial charge in [-0.05, 0) is 13.0 Å². The van der Waals surface area contributed by atoms with E-state index in [1.54, 1.807) is 6.20 Å². The second-order valence-electron chi connectivity index (χ2n) is 2.76. The minimum absolute atomic E-state index is 0.511. The average Bonchev–Trinajstić information content (AvgIpc) is 1.83. The van der Waals surface area contributed by atoms with Gasteiger partial charge in [0.15, 0.2) is 0 Å². The number of aromatic nitrogens is 2. The van der Waals surface area contributed by atoms with Crippen molar-refractivity contribution in [2.24, 2.45) is 0 Å². The Morgan fingerprint density at radius 3 is 2.91 bits per heavy atom. The van der Waals surface area contributed by atoms with E-state index >= 15 is 0 Å². The van der Waals surface area contributed by atoms with Gasteiger partial charge in [0.05, 0.1) is 18.9 Å². The molecule has 3 nitrogen and oxygen atoms in total. The SMILES string of the molecule is Cc1nccc(C2COC2)n1. The summed E-state index contributed by atoms with van der Waals surface area (Å²) in [7, 11) is 0. The van der Waals surface area contributed by atoms with Gasteiger partial charge in [-0.3, -0.25) is 0 Å². The second-order valence-corrected chi connectivity index (χ2v) is 2.76. The van der Waals surface area contributed by atoms with Gasteiger partial charge in [-0.15, -0.1) is 0 Å². The molecule has 1 fully saturated rings. The molecule has 0 radical (unpaired) electrons. The van der Waals surface area contributed by atoms with Crippen molar-refractivity contribution in [2.45, 2.75) is 12.8 Å². The first-order chi connectivity index (χ1) is 5.36. The first-order valence-corrected chi connectivity index (χ1v) is 3.73. The van der Waals surface area contributed by atoms with Crippen molar-refractivity contribution in [1.29, 1.82) is 0 Å². The summed E-state index contributed by atoms with van der Waals surface area (Å²) >= 11 is 0. The molecule has 1 saturated heterocycles. The number of nitrogens with zero attached hydrogens (tertiary/aromatic N) is 2. The molecule has 2 rings (SSSR count). The quantitative estimate of drug-likeness (QED) is 0.596. The van der Waals surface area contributed by atoms with Gasteiger partial charge in [0.1, 0.15) is 5.82 Å². The molecule has 1 aliphatic heterocycles. The number of hydrogen-bond donors (Lipinski definition) is 0. The third-order valence-electron chi connectivity index (χ3n) is 1.85. The minimum atomic E-state index is 0.511. The van der Waals surface area contributed by atoms with E-state index in [9.17, 15) is 0 Å². The van der Waals surface area contributed by atoms with Gasteiger partial charge in [-0.1, -0.05) is 0 Å². The van der Waals surface area contributed by atoms with Crippen LogP contribution in [-0.4, -0.2) is 23.2 Å². The molecule has 0 unspecified atom stereocenters. The first kappa shape index (κ1) is 6.73. The van der Waals surface area contributed by atoms with Crippen LogP contribution in [0.2, 0.25) is 0 Å². The molecular formula is C8H10N2O. The highest BCUT2D eigenvalue weighted by atomic mass is 16.5. The Labute approximate surface area is 65.4 Å². The van der Waals surface area contributed by atoms with E-state index in [1.807, 2.05) is 13.0 Å². The third kappa shape index (κ3) is 1.24. The van der Waals surface area contributed by atoms with Gasteiger partial charge in [-0.25, -0.2) is 9.97 Å². The standard InChI is InChI=1S/C8H10N2O/c1-6-9-3-2-8(10-6)7-4-11-5-7/h2-3,7H,4-5H2,1H3. The van der Waals surface area contributed by atoms with Gasteiger partial charge in [-0.2, -0.15) is 0 Å². The lowest BCUT2D eigenvalue weighted by Crippen LogP contribution is -2.26. The zero-order valence-corrected chi connectivity index (χ0v) is 6.45. The number of ether oxygens (including phenoxy) is 1. The van der Waals surface area contributed by atoms with E-state index < -0.39 is 0 Å². The molecule has 0 atom stereocenters. The van der Waals surface area contributed by atoms with Crippen molar-refractivity contribution in [3.8, 4) is 0 Å². The first-order valence-electron chi connectivity index (χ1n) is 3.73. The maximum Gasteiger partial charge on any atom is 0.125 e. The highest BCUT2D eigenvalue weighted by Gasteiger charge is 2.21. The number of rotatable bonds is 1. The number of hydrogen-bond acceptors (Lipinski definition) is 3. The summed E-state index contributed by atoms with van der Waals surface area (Å²) in [6.45, 7) is 3.54. The van der Waals surface area contributed by atoms with Crippen molar-refractivity contribution < 1.29 is 4.74 Å². The lowest BCUT2D eigenvalue weighted by molar-refractivity contribution is 0.00661. The Morgan fingerprint density at radius 2 is 2.36 bits per heavy atom. The fourth-order valence-corrected chi connectivity index (χ4v) is 1.11. The molecule has 0 aliphatic carbocycles. The maximum absolute atomic E-state index is 5.07. The van der Waals surface area contributed by atoms with Crippen LogP contribution in [0.1, 0.15) is 17.4 Å². The highest BCUT2D eigenvalue weighted by Crippen LogP contribution is 2.21. The van der Waals surface area contributed by atoms with E-state index in [0.29, 0.717) is 5.92 Å². The summed E-state index contributed by atoms with van der Waals surface area (Å²) < 4.78 is 5.07. The lowest BCUT2D eigenvalue weighted by atomic mass is 10.0. The predicted molar refractivity (Wildman–Crippen MR) is 40.3 cm³/mol. The molecule has 0 bridgehead atoms. The van der Waals surface area contributed by atoms with Crippen molar-refractivity contribution in [3.05, 3.63) is 23.8 Å². The molecule has 0 aromatic carbocycles. The lowest BCUT2D eigenvalue weighted by Gasteiger charge is -2.25. The average molecular weight is 150 g/mol. The van der Waals surface area contributed by atoms with E-state index in [0.717, 1.165) is 24.7 Å². The molecule has 0 spiro atoms. The maximum atomic E-state index is 5.07. The monoisotopic (exact) mass is 150 g/mol. The van der Waals surface area contributed by atoms with Crippen molar-refractivity contribution in [1.82, 2.24) is 9.97 Å². The summed E-state index contributed by atoms with van der Waals surface area (Å²) in [6, 6.07) is 1.96. The summed E-state index contributed by atoms with van der Waals surface area (Å²) in [6.07, 6.45) is 1.80. The van der Waals surface area contributed by atoms with E-state index in [2.05, 4.69) is 9.97 Å². The molecule has 3 heteroatoms. The van der Waals surface area contributed by atoms with Crippen molar-refractivity contribution in [3.63, 3.8) is 0 Å². The highest BCUT2D eigenvalue weighted by molar-refractivity contribution is 5.10. The van der Waals surface area contributed by atoms with Crippen LogP contribution >= 0.6 is 0 Å². The molecule has 58 valence electrons. The summed E-state index contributed by atoms with van der Waals surface area (Å²) in [5.41, 5.74) is 1.11. The number of aryl methyl sites for hydroxylation is 1. The van der Waals surface area contributed by atoms with Crippen LogP contribution < -0.4 is 0 Å². The van der Waals surface area contributed by atoms with Gasteiger partial charge in [0, 0.05) is 12.1 Å². The zero-order valence-electron chi connectivity index (χ0n) is 6.45. The van der Waals surface area contributed by atoms with Gasteiger partial charge in [0.2, 0.25) is 0 Å². The van der Waals surface area contributed by atoms with Gasteiger partial charge >= 0.3 is 0 Å². The molecular weight excluding hydrogens is 140 g/mol. The molecule has 0 saturated carbocycles. The second kappa shape index (κ2) is 2.58. The molecule has 1 aromatic heterocycles. The fourth-order valence-electron chi connectivity index (χ4n) is 1.11. The van der Waals surface area contributed by atoms with Crippen LogP contribution in [0.3, 0.4) is 0 Å². The topological polar surface area (TPSA) is 35.0 Å². The molecule has 1 aromatic rings. The molecule has 1 aliphatic rings. The van der Waals surface area contributed by atoms with Crippen LogP contribution in [0.4, 0.5) is 0 Å². The van der Waals surface area contributed by atoms with Crippen LogP contribution in [0, 0.1) is 6.92 Å². The van der Waals surface area contributed by atoms with E-state index in [1.165, 1.54) is 0 Å². The van der Waals surface area contributed by atoms with Gasteiger partial charge in [0.25, 0.3) is 0 Å². The van der Waals surface area contributed by atoms with E-state index in [4.69, 9.17) is 4.74 Å². The Bertz CT molecular complexity index is 258. The van der Waals surface area contributed by atoms with Gasteiger partial charge < -0.3 is 4.74 Å². The smallest absolute Gasteiger partial charge is 0.125 e. The van der Waals surface area contributed by atoms with Crippen LogP contribution in [0.15, 0.2) is 12.3 Å². The largest absolute Gasteiger partial charge is 0.380 e. The third-order valence-corrected chi connectivity index (χ3v) is 1.85. The van der Waals surface area contributed by atoms with Crippen molar-refractivity contribution in [2.75, 3.05) is 13.2 Å². The van der Waals surface area contributed by atoms with Crippen LogP contribution in [0.5, 0.6) is 0 Å². The fraction of sp³-hybridized carbons (Fsp3) is 0.500. The predicted octanol–water partition coefficient (Wildman–Crippen LogP) is 0.899. The molecule has 2 heterocycles. The Kier molecular flexibility index (Phi) is 1.58. The summed E-state index contributed by atoms with van der Waals surface area (Å²) in [5, 5.41) is 0. The van der Waals surface area contributed by atoms with Crippen LogP contribution in [-0.2, 0) is 4.74 Å². The Morgan fingerprint density at radius 1 is 1.55 bits per heavy atom. The van der Waals surface area contributed by atoms with E-state index in [-0.39, 0.29) is 0 Å².